The number of urea groups is 1. The van der Waals surface area contributed by atoms with Crippen LogP contribution in [0.25, 0.3) is 0 Å². The van der Waals surface area contributed by atoms with Gasteiger partial charge in [-0.3, -0.25) is 4.79 Å². The normalized spacial score (nSPS) is 26.1. The van der Waals surface area contributed by atoms with Gasteiger partial charge in [-0.25, -0.2) is 4.79 Å². The van der Waals surface area contributed by atoms with Crippen LogP contribution in [0.15, 0.2) is 0 Å². The molecule has 2 amide bonds. The van der Waals surface area contributed by atoms with Crippen molar-refractivity contribution in [3.8, 4) is 0 Å². The Morgan fingerprint density at radius 1 is 1.30 bits per heavy atom. The van der Waals surface area contributed by atoms with Gasteiger partial charge in [-0.05, 0) is 32.6 Å². The van der Waals surface area contributed by atoms with E-state index in [-0.39, 0.29) is 30.8 Å². The van der Waals surface area contributed by atoms with Crippen LogP contribution < -0.4 is 5.32 Å². The predicted molar refractivity (Wildman–Crippen MR) is 73.6 cm³/mol. The lowest BCUT2D eigenvalue weighted by molar-refractivity contribution is -0.138. The summed E-state index contributed by atoms with van der Waals surface area (Å²) in [5.41, 5.74) is 0. The van der Waals surface area contributed by atoms with Crippen LogP contribution in [0.3, 0.4) is 0 Å². The van der Waals surface area contributed by atoms with E-state index in [4.69, 9.17) is 9.84 Å². The van der Waals surface area contributed by atoms with Crippen molar-refractivity contribution >= 4 is 12.0 Å². The van der Waals surface area contributed by atoms with E-state index in [0.29, 0.717) is 6.61 Å². The number of nitrogens with zero attached hydrogens (tertiary/aromatic N) is 1. The van der Waals surface area contributed by atoms with Gasteiger partial charge in [-0.1, -0.05) is 12.8 Å². The molecule has 0 aromatic heterocycles. The van der Waals surface area contributed by atoms with Crippen molar-refractivity contribution in [2.75, 3.05) is 13.2 Å². The van der Waals surface area contributed by atoms with E-state index in [9.17, 15) is 9.59 Å². The third-order valence-corrected chi connectivity index (χ3v) is 4.16. The Balaban J connectivity index is 1.82. The van der Waals surface area contributed by atoms with Crippen molar-refractivity contribution in [1.82, 2.24) is 10.2 Å². The number of hydrogen-bond donors (Lipinski definition) is 2. The van der Waals surface area contributed by atoms with Crippen LogP contribution in [0.5, 0.6) is 0 Å². The highest BCUT2D eigenvalue weighted by molar-refractivity contribution is 5.80. The molecular formula is C14H24N2O4. The van der Waals surface area contributed by atoms with Gasteiger partial charge in [-0.2, -0.15) is 0 Å². The zero-order chi connectivity index (χ0) is 14.5. The summed E-state index contributed by atoms with van der Waals surface area (Å²) in [5.74, 6) is -0.951. The molecule has 2 aliphatic carbocycles. The first-order chi connectivity index (χ1) is 9.60. The molecule has 2 fully saturated rings. The molecule has 6 nitrogen and oxygen atoms in total. The van der Waals surface area contributed by atoms with Crippen LogP contribution in [0.2, 0.25) is 0 Å². The average molecular weight is 284 g/mol. The zero-order valence-electron chi connectivity index (χ0n) is 12.0. The molecule has 0 aromatic rings. The summed E-state index contributed by atoms with van der Waals surface area (Å²) < 4.78 is 5.46. The quantitative estimate of drug-likeness (QED) is 0.776. The molecule has 0 bridgehead atoms. The molecule has 2 rings (SSSR count). The highest BCUT2D eigenvalue weighted by Crippen LogP contribution is 2.26. The van der Waals surface area contributed by atoms with Crippen molar-refractivity contribution in [1.29, 1.82) is 0 Å². The highest BCUT2D eigenvalue weighted by atomic mass is 16.5. The number of carboxylic acids is 1. The Morgan fingerprint density at radius 2 is 1.95 bits per heavy atom. The van der Waals surface area contributed by atoms with Crippen LogP contribution in [-0.2, 0) is 9.53 Å². The Labute approximate surface area is 119 Å². The number of hydrogen-bond acceptors (Lipinski definition) is 3. The summed E-state index contributed by atoms with van der Waals surface area (Å²) in [6.07, 6.45) is 5.86. The molecule has 0 saturated heterocycles. The molecule has 2 saturated carbocycles. The molecule has 2 aliphatic rings. The molecule has 2 N–H and O–H groups in total. The second-order valence-electron chi connectivity index (χ2n) is 5.66. The minimum absolute atomic E-state index is 0.0777. The monoisotopic (exact) mass is 284 g/mol. The third kappa shape index (κ3) is 3.85. The molecule has 114 valence electrons. The number of carboxylic acid groups (broad SMARTS) is 1. The first-order valence-corrected chi connectivity index (χ1v) is 7.50. The second kappa shape index (κ2) is 6.92. The SMILES string of the molecule is CCOC1CC(NC(=O)N(CC(=O)O)C2CCCC2)C1. The Hall–Kier alpha value is -1.30. The van der Waals surface area contributed by atoms with Gasteiger partial charge in [0.05, 0.1) is 6.10 Å². The Bertz CT molecular complexity index is 349. The van der Waals surface area contributed by atoms with Crippen LogP contribution in [0.4, 0.5) is 4.79 Å². The fraction of sp³-hybridized carbons (Fsp3) is 0.857. The first-order valence-electron chi connectivity index (χ1n) is 7.50. The third-order valence-electron chi connectivity index (χ3n) is 4.16. The average Bonchev–Trinajstić information content (AvgIpc) is 2.86. The van der Waals surface area contributed by atoms with Gasteiger partial charge in [0.2, 0.25) is 0 Å². The maximum atomic E-state index is 12.2. The molecule has 6 heteroatoms. The van der Waals surface area contributed by atoms with E-state index in [1.165, 1.54) is 4.90 Å². The largest absolute Gasteiger partial charge is 0.480 e. The summed E-state index contributed by atoms with van der Waals surface area (Å²) in [6.45, 7) is 2.44. The Kier molecular flexibility index (Phi) is 5.23. The van der Waals surface area contributed by atoms with E-state index >= 15 is 0 Å². The van der Waals surface area contributed by atoms with Gasteiger partial charge in [-0.15, -0.1) is 0 Å². The fourth-order valence-electron chi connectivity index (χ4n) is 3.04. The molecule has 0 heterocycles. The zero-order valence-corrected chi connectivity index (χ0v) is 12.0. The summed E-state index contributed by atoms with van der Waals surface area (Å²) in [5, 5.41) is 11.9. The maximum Gasteiger partial charge on any atom is 0.323 e. The van der Waals surface area contributed by atoms with Crippen LogP contribution >= 0.6 is 0 Å². The molecular weight excluding hydrogens is 260 g/mol. The highest BCUT2D eigenvalue weighted by Gasteiger charge is 2.34. The summed E-state index contributed by atoms with van der Waals surface area (Å²) in [7, 11) is 0. The number of aliphatic carboxylic acids is 1. The van der Waals surface area contributed by atoms with Gasteiger partial charge < -0.3 is 20.1 Å². The van der Waals surface area contributed by atoms with Crippen LogP contribution in [0.1, 0.15) is 45.4 Å². The van der Waals surface area contributed by atoms with Crippen LogP contribution in [-0.4, -0.2) is 53.3 Å². The van der Waals surface area contributed by atoms with Crippen molar-refractivity contribution in [3.63, 3.8) is 0 Å². The first kappa shape index (κ1) is 15.1. The van der Waals surface area contributed by atoms with Gasteiger partial charge in [0, 0.05) is 18.7 Å². The van der Waals surface area contributed by atoms with Crippen LogP contribution in [0, 0.1) is 0 Å². The number of amides is 2. The minimum atomic E-state index is -0.951. The lowest BCUT2D eigenvalue weighted by Gasteiger charge is -2.37. The lowest BCUT2D eigenvalue weighted by atomic mass is 9.89. The molecule has 0 radical (unpaired) electrons. The molecule has 0 aliphatic heterocycles. The molecule has 0 atom stereocenters. The van der Waals surface area contributed by atoms with Crippen molar-refractivity contribution in [3.05, 3.63) is 0 Å². The number of ether oxygens (including phenoxy) is 1. The van der Waals surface area contributed by atoms with E-state index < -0.39 is 5.97 Å². The van der Waals surface area contributed by atoms with Gasteiger partial charge in [0.15, 0.2) is 0 Å². The lowest BCUT2D eigenvalue weighted by Crippen LogP contribution is -2.54. The minimum Gasteiger partial charge on any atom is -0.480 e. The summed E-state index contributed by atoms with van der Waals surface area (Å²) >= 11 is 0. The van der Waals surface area contributed by atoms with Gasteiger partial charge in [0.25, 0.3) is 0 Å². The van der Waals surface area contributed by atoms with Crippen molar-refractivity contribution < 1.29 is 19.4 Å². The van der Waals surface area contributed by atoms with E-state index in [1.807, 2.05) is 6.92 Å². The molecule has 0 aromatic carbocycles. The van der Waals surface area contributed by atoms with E-state index in [0.717, 1.165) is 38.5 Å². The second-order valence-corrected chi connectivity index (χ2v) is 5.66. The van der Waals surface area contributed by atoms with E-state index in [1.54, 1.807) is 0 Å². The van der Waals surface area contributed by atoms with Crippen molar-refractivity contribution in [2.24, 2.45) is 0 Å². The smallest absolute Gasteiger partial charge is 0.323 e. The number of carbonyl (C=O) groups is 2. The summed E-state index contributed by atoms with van der Waals surface area (Å²) in [4.78, 5) is 24.7. The number of nitrogens with one attached hydrogen (secondary N) is 1. The van der Waals surface area contributed by atoms with Gasteiger partial charge in [0.1, 0.15) is 6.54 Å². The maximum absolute atomic E-state index is 12.2. The van der Waals surface area contributed by atoms with Gasteiger partial charge >= 0.3 is 12.0 Å². The topological polar surface area (TPSA) is 78.9 Å². The van der Waals surface area contributed by atoms with Crippen molar-refractivity contribution in [2.45, 2.75) is 63.6 Å². The molecule has 0 spiro atoms. The Morgan fingerprint density at radius 3 is 2.50 bits per heavy atom. The number of carbonyl (C=O) groups excluding carboxylic acids is 1. The van der Waals surface area contributed by atoms with E-state index in [2.05, 4.69) is 5.32 Å². The molecule has 20 heavy (non-hydrogen) atoms. The fourth-order valence-corrected chi connectivity index (χ4v) is 3.04. The summed E-state index contributed by atoms with van der Waals surface area (Å²) in [6, 6.07) is -0.0372. The molecule has 0 unspecified atom stereocenters. The predicted octanol–water partition coefficient (Wildman–Crippen LogP) is 1.59. The number of rotatable bonds is 6. The standard InChI is InChI=1S/C14H24N2O4/c1-2-20-12-7-10(8-12)15-14(19)16(9-13(17)18)11-5-3-4-6-11/h10-12H,2-9H2,1H3,(H,15,19)(H,17,18).